The second kappa shape index (κ2) is 3.30. The minimum absolute atomic E-state index is 0.331. The van der Waals surface area contributed by atoms with E-state index in [1.165, 1.54) is 0 Å². The highest BCUT2D eigenvalue weighted by atomic mass is 15.4. The zero-order valence-electron chi connectivity index (χ0n) is 8.75. The summed E-state index contributed by atoms with van der Waals surface area (Å²) in [6, 6.07) is 0. The van der Waals surface area contributed by atoms with Crippen LogP contribution < -0.4 is 17.2 Å². The first-order chi connectivity index (χ1) is 7.02. The molecule has 82 valence electrons. The molecule has 2 unspecified atom stereocenters. The molecule has 7 heteroatoms. The third-order valence-corrected chi connectivity index (χ3v) is 2.63. The van der Waals surface area contributed by atoms with Crippen molar-refractivity contribution < 1.29 is 0 Å². The van der Waals surface area contributed by atoms with Crippen LogP contribution in [0.2, 0.25) is 0 Å². The number of hydrogen-bond acceptors (Lipinski definition) is 6. The number of hydrogen-bond donors (Lipinski definition) is 3. The number of aryl methyl sites for hydroxylation is 1. The molecule has 2 atom stereocenters. The summed E-state index contributed by atoms with van der Waals surface area (Å²) in [6.07, 6.45) is 0.777. The van der Waals surface area contributed by atoms with Crippen molar-refractivity contribution in [2.24, 2.45) is 29.2 Å². The van der Waals surface area contributed by atoms with Gasteiger partial charge < -0.3 is 16.0 Å². The zero-order chi connectivity index (χ0) is 11.2. The van der Waals surface area contributed by atoms with Gasteiger partial charge in [-0.1, -0.05) is 0 Å². The number of imidazole rings is 1. The van der Waals surface area contributed by atoms with E-state index in [0.29, 0.717) is 11.5 Å². The lowest BCUT2D eigenvalue weighted by Gasteiger charge is -2.26. The quantitative estimate of drug-likeness (QED) is 0.470. The molecule has 7 nitrogen and oxygen atoms in total. The van der Waals surface area contributed by atoms with Crippen LogP contribution in [0.4, 0.5) is 0 Å². The molecule has 0 spiro atoms. The number of nitrogens with zero attached hydrogens (tertiary/aromatic N) is 4. The largest absolute Gasteiger partial charge is 0.382 e. The summed E-state index contributed by atoms with van der Waals surface area (Å²) in [5, 5.41) is 0. The van der Waals surface area contributed by atoms with Crippen LogP contribution >= 0.6 is 0 Å². The van der Waals surface area contributed by atoms with E-state index >= 15 is 0 Å². The lowest BCUT2D eigenvalue weighted by atomic mass is 10.2. The lowest BCUT2D eigenvalue weighted by molar-refractivity contribution is 0.182. The lowest BCUT2D eigenvalue weighted by Crippen LogP contribution is -2.43. The fourth-order valence-electron chi connectivity index (χ4n) is 1.64. The first-order valence-corrected chi connectivity index (χ1v) is 4.60. The van der Waals surface area contributed by atoms with Gasteiger partial charge in [-0.25, -0.2) is 9.98 Å². The number of amidine groups is 1. The van der Waals surface area contributed by atoms with Crippen molar-refractivity contribution in [2.45, 2.75) is 12.5 Å². The first kappa shape index (κ1) is 10.1. The molecular weight excluding hydrogens is 194 g/mol. The standard InChI is InChI=1S/C8H15N7/c1-14-3-12-4-5(14)7(10)15(2)8(11)13-6(4)9/h3,7-8H,10-11H2,1-2H3,(H2,9,13). The van der Waals surface area contributed by atoms with Gasteiger partial charge in [-0.3, -0.25) is 10.6 Å². The Balaban J connectivity index is 2.59. The third kappa shape index (κ3) is 1.41. The van der Waals surface area contributed by atoms with Gasteiger partial charge in [-0.05, 0) is 7.05 Å². The highest BCUT2D eigenvalue weighted by Crippen LogP contribution is 2.21. The molecule has 2 rings (SSSR count). The molecule has 2 heterocycles. The van der Waals surface area contributed by atoms with Crippen LogP contribution in [0.1, 0.15) is 17.6 Å². The van der Waals surface area contributed by atoms with Gasteiger partial charge in [0.25, 0.3) is 0 Å². The van der Waals surface area contributed by atoms with E-state index in [1.54, 1.807) is 18.3 Å². The molecular formula is C8H15N7. The molecule has 0 saturated heterocycles. The summed E-state index contributed by atoms with van der Waals surface area (Å²) in [7, 11) is 3.66. The maximum Gasteiger partial charge on any atom is 0.157 e. The SMILES string of the molecule is CN1C(N)N=C(N)c2ncn(C)c2C1N. The second-order valence-corrected chi connectivity index (χ2v) is 3.63. The van der Waals surface area contributed by atoms with E-state index in [1.807, 2.05) is 11.6 Å². The molecule has 0 saturated carbocycles. The van der Waals surface area contributed by atoms with Crippen molar-refractivity contribution in [3.05, 3.63) is 17.7 Å². The smallest absolute Gasteiger partial charge is 0.157 e. The molecule has 0 aliphatic carbocycles. The highest BCUT2D eigenvalue weighted by Gasteiger charge is 2.28. The van der Waals surface area contributed by atoms with E-state index < -0.39 is 6.29 Å². The maximum absolute atomic E-state index is 6.04. The number of nitrogens with two attached hydrogens (primary N) is 3. The number of rotatable bonds is 0. The van der Waals surface area contributed by atoms with Crippen LogP contribution in [0.3, 0.4) is 0 Å². The Bertz CT molecular complexity index is 407. The zero-order valence-corrected chi connectivity index (χ0v) is 8.75. The Morgan fingerprint density at radius 2 is 2.00 bits per heavy atom. The van der Waals surface area contributed by atoms with Crippen molar-refractivity contribution in [3.8, 4) is 0 Å². The molecule has 0 bridgehead atoms. The third-order valence-electron chi connectivity index (χ3n) is 2.63. The normalized spacial score (nSPS) is 27.1. The van der Waals surface area contributed by atoms with Gasteiger partial charge in [0.1, 0.15) is 17.7 Å². The molecule has 15 heavy (non-hydrogen) atoms. The topological polar surface area (TPSA) is 111 Å². The summed E-state index contributed by atoms with van der Waals surface area (Å²) in [6.45, 7) is 0. The minimum Gasteiger partial charge on any atom is -0.382 e. The van der Waals surface area contributed by atoms with Gasteiger partial charge in [-0.15, -0.1) is 0 Å². The van der Waals surface area contributed by atoms with Crippen molar-refractivity contribution in [1.29, 1.82) is 0 Å². The Morgan fingerprint density at radius 3 is 2.67 bits per heavy atom. The van der Waals surface area contributed by atoms with Crippen LogP contribution in [-0.4, -0.2) is 33.6 Å². The van der Waals surface area contributed by atoms with Gasteiger partial charge in [0.2, 0.25) is 0 Å². The van der Waals surface area contributed by atoms with Crippen LogP contribution in [0.15, 0.2) is 11.3 Å². The molecule has 0 aromatic carbocycles. The summed E-state index contributed by atoms with van der Waals surface area (Å²) >= 11 is 0. The Hall–Kier alpha value is -1.44. The van der Waals surface area contributed by atoms with Crippen LogP contribution in [0.25, 0.3) is 0 Å². The molecule has 0 amide bonds. The van der Waals surface area contributed by atoms with Crippen molar-refractivity contribution in [2.75, 3.05) is 7.05 Å². The molecule has 1 aromatic rings. The van der Waals surface area contributed by atoms with E-state index in [0.717, 1.165) is 5.69 Å². The van der Waals surface area contributed by atoms with Gasteiger partial charge in [0, 0.05) is 7.05 Å². The summed E-state index contributed by atoms with van der Waals surface area (Å²) in [4.78, 5) is 10.0. The summed E-state index contributed by atoms with van der Waals surface area (Å²) in [5.41, 5.74) is 19.1. The van der Waals surface area contributed by atoms with E-state index in [4.69, 9.17) is 17.2 Å². The highest BCUT2D eigenvalue weighted by molar-refractivity contribution is 5.97. The van der Waals surface area contributed by atoms with Crippen LogP contribution in [0.5, 0.6) is 0 Å². The number of aromatic nitrogens is 2. The average Bonchev–Trinajstić information content (AvgIpc) is 2.54. The monoisotopic (exact) mass is 209 g/mol. The molecule has 6 N–H and O–H groups in total. The van der Waals surface area contributed by atoms with Crippen molar-refractivity contribution >= 4 is 5.84 Å². The Morgan fingerprint density at radius 1 is 1.33 bits per heavy atom. The number of fused-ring (bicyclic) bond motifs is 1. The van der Waals surface area contributed by atoms with E-state index in [-0.39, 0.29) is 6.17 Å². The van der Waals surface area contributed by atoms with Crippen molar-refractivity contribution in [3.63, 3.8) is 0 Å². The molecule has 1 aliphatic heterocycles. The predicted molar refractivity (Wildman–Crippen MR) is 56.6 cm³/mol. The Kier molecular flexibility index (Phi) is 2.22. The number of aliphatic imine (C=N–C) groups is 1. The van der Waals surface area contributed by atoms with Crippen molar-refractivity contribution in [1.82, 2.24) is 14.5 Å². The average molecular weight is 209 g/mol. The predicted octanol–water partition coefficient (Wildman–Crippen LogP) is -1.73. The second-order valence-electron chi connectivity index (χ2n) is 3.63. The maximum atomic E-state index is 6.04. The van der Waals surface area contributed by atoms with E-state index in [2.05, 4.69) is 9.98 Å². The summed E-state index contributed by atoms with van der Waals surface area (Å²) in [5.74, 6) is 0.331. The van der Waals surface area contributed by atoms with Gasteiger partial charge >= 0.3 is 0 Å². The fourth-order valence-corrected chi connectivity index (χ4v) is 1.64. The van der Waals surface area contributed by atoms with Crippen LogP contribution in [-0.2, 0) is 7.05 Å². The fraction of sp³-hybridized carbons (Fsp3) is 0.500. The molecule has 0 fully saturated rings. The van der Waals surface area contributed by atoms with Crippen LogP contribution in [0, 0.1) is 0 Å². The first-order valence-electron chi connectivity index (χ1n) is 4.60. The van der Waals surface area contributed by atoms with E-state index in [9.17, 15) is 0 Å². The van der Waals surface area contributed by atoms with Gasteiger partial charge in [0.15, 0.2) is 6.29 Å². The molecule has 1 aromatic heterocycles. The van der Waals surface area contributed by atoms with Gasteiger partial charge in [0.05, 0.1) is 12.0 Å². The minimum atomic E-state index is -0.533. The molecule has 1 aliphatic rings. The Labute approximate surface area is 87.6 Å². The van der Waals surface area contributed by atoms with Gasteiger partial charge in [-0.2, -0.15) is 0 Å². The molecule has 0 radical (unpaired) electrons. The summed E-state index contributed by atoms with van der Waals surface area (Å²) < 4.78 is 1.83.